The summed E-state index contributed by atoms with van der Waals surface area (Å²) in [7, 11) is 0. The van der Waals surface area contributed by atoms with E-state index in [1.807, 2.05) is 48.5 Å². The molecule has 0 atom stereocenters. The van der Waals surface area contributed by atoms with Gasteiger partial charge in [0.15, 0.2) is 0 Å². The minimum absolute atomic E-state index is 0.0103. The van der Waals surface area contributed by atoms with E-state index < -0.39 is 5.91 Å². The smallest absolute Gasteiger partial charge is 0.293 e. The van der Waals surface area contributed by atoms with Gasteiger partial charge in [-0.2, -0.15) is 0 Å². The Morgan fingerprint density at radius 1 is 0.969 bits per heavy atom. The van der Waals surface area contributed by atoms with Gasteiger partial charge in [0.05, 0.1) is 11.4 Å². The van der Waals surface area contributed by atoms with Crippen LogP contribution >= 0.6 is 50.9 Å². The lowest BCUT2D eigenvalue weighted by molar-refractivity contribution is -0.123. The number of thioether (sulfide) groups is 1. The quantitative estimate of drug-likeness (QED) is 0.298. The number of rotatable bonds is 6. The zero-order valence-corrected chi connectivity index (χ0v) is 20.5. The van der Waals surface area contributed by atoms with Gasteiger partial charge in [-0.25, -0.2) is 0 Å². The highest BCUT2D eigenvalue weighted by atomic mass is 79.9. The SMILES string of the molecule is O=C1S/C(=C\c2cc(Br)ccc2OCc2ccccc2)C(=O)N1Cc1c(Cl)cccc1Cl. The predicted octanol–water partition coefficient (Wildman–Crippen LogP) is 7.57. The zero-order chi connectivity index (χ0) is 22.7. The summed E-state index contributed by atoms with van der Waals surface area (Å²) in [4.78, 5) is 27.0. The normalized spacial score (nSPS) is 15.0. The molecule has 8 heteroatoms. The largest absolute Gasteiger partial charge is 0.488 e. The number of hydrogen-bond donors (Lipinski definition) is 0. The first-order valence-electron chi connectivity index (χ1n) is 9.57. The summed E-state index contributed by atoms with van der Waals surface area (Å²) in [6, 6.07) is 20.4. The summed E-state index contributed by atoms with van der Waals surface area (Å²) in [6.45, 7) is 0.395. The molecule has 0 radical (unpaired) electrons. The molecule has 0 aromatic heterocycles. The topological polar surface area (TPSA) is 46.6 Å². The first-order chi connectivity index (χ1) is 15.4. The fraction of sp³-hybridized carbons (Fsp3) is 0.0833. The standard InChI is InChI=1S/C24H16BrCl2NO3S/c25-17-9-10-21(31-14-15-5-2-1-3-6-15)16(11-17)12-22-23(29)28(24(30)32-22)13-18-19(26)7-4-8-20(18)27/h1-12H,13-14H2/b22-12-. The zero-order valence-electron chi connectivity index (χ0n) is 16.6. The second kappa shape index (κ2) is 10.1. The Labute approximate surface area is 208 Å². The lowest BCUT2D eigenvalue weighted by Crippen LogP contribution is -2.27. The van der Waals surface area contributed by atoms with Crippen molar-refractivity contribution in [1.29, 1.82) is 0 Å². The molecule has 32 heavy (non-hydrogen) atoms. The molecule has 0 N–H and O–H groups in total. The summed E-state index contributed by atoms with van der Waals surface area (Å²) in [5.74, 6) is 0.211. The monoisotopic (exact) mass is 547 g/mol. The van der Waals surface area contributed by atoms with Crippen LogP contribution in [-0.4, -0.2) is 16.0 Å². The lowest BCUT2D eigenvalue weighted by Gasteiger charge is -2.15. The molecule has 0 unspecified atom stereocenters. The van der Waals surface area contributed by atoms with Crippen molar-refractivity contribution >= 4 is 68.1 Å². The summed E-state index contributed by atoms with van der Waals surface area (Å²) >= 11 is 16.8. The van der Waals surface area contributed by atoms with Crippen molar-refractivity contribution in [3.8, 4) is 5.75 Å². The molecule has 1 saturated heterocycles. The van der Waals surface area contributed by atoms with Gasteiger partial charge in [-0.1, -0.05) is 75.5 Å². The van der Waals surface area contributed by atoms with Crippen LogP contribution in [0.4, 0.5) is 4.79 Å². The molecule has 0 aliphatic carbocycles. The van der Waals surface area contributed by atoms with Gasteiger partial charge in [0.1, 0.15) is 12.4 Å². The van der Waals surface area contributed by atoms with Crippen LogP contribution in [0.15, 0.2) is 76.1 Å². The number of amides is 2. The van der Waals surface area contributed by atoms with Crippen LogP contribution in [0.3, 0.4) is 0 Å². The van der Waals surface area contributed by atoms with Gasteiger partial charge in [0.2, 0.25) is 0 Å². The summed E-state index contributed by atoms with van der Waals surface area (Å²) < 4.78 is 6.82. The Morgan fingerprint density at radius 2 is 1.69 bits per heavy atom. The van der Waals surface area contributed by atoms with Gasteiger partial charge in [0.25, 0.3) is 11.1 Å². The molecule has 2 amide bonds. The van der Waals surface area contributed by atoms with E-state index in [2.05, 4.69) is 15.9 Å². The van der Waals surface area contributed by atoms with E-state index in [-0.39, 0.29) is 11.8 Å². The number of benzene rings is 3. The van der Waals surface area contributed by atoms with Crippen molar-refractivity contribution in [2.75, 3.05) is 0 Å². The molecule has 1 aliphatic heterocycles. The van der Waals surface area contributed by atoms with Gasteiger partial charge >= 0.3 is 0 Å². The van der Waals surface area contributed by atoms with Crippen molar-refractivity contribution in [3.05, 3.63) is 103 Å². The van der Waals surface area contributed by atoms with Crippen LogP contribution < -0.4 is 4.74 Å². The Morgan fingerprint density at radius 3 is 2.41 bits per heavy atom. The number of imide groups is 1. The minimum Gasteiger partial charge on any atom is -0.488 e. The highest BCUT2D eigenvalue weighted by Gasteiger charge is 2.36. The van der Waals surface area contributed by atoms with Crippen LogP contribution in [0.25, 0.3) is 6.08 Å². The first-order valence-corrected chi connectivity index (χ1v) is 11.9. The Hall–Kier alpha value is -2.25. The Balaban J connectivity index is 1.58. The Kier molecular flexibility index (Phi) is 7.26. The molecular weight excluding hydrogens is 533 g/mol. The fourth-order valence-corrected chi connectivity index (χ4v) is 4.84. The number of hydrogen-bond acceptors (Lipinski definition) is 4. The van der Waals surface area contributed by atoms with Gasteiger partial charge in [-0.3, -0.25) is 14.5 Å². The van der Waals surface area contributed by atoms with E-state index in [9.17, 15) is 9.59 Å². The number of carbonyl (C=O) groups is 2. The molecule has 4 rings (SSSR count). The molecule has 1 aliphatic rings. The molecular formula is C24H16BrCl2NO3S. The molecule has 0 spiro atoms. The van der Waals surface area contributed by atoms with Crippen molar-refractivity contribution in [2.24, 2.45) is 0 Å². The maximum atomic E-state index is 13.0. The average Bonchev–Trinajstić information content (AvgIpc) is 3.03. The maximum Gasteiger partial charge on any atom is 0.293 e. The van der Waals surface area contributed by atoms with Gasteiger partial charge in [-0.15, -0.1) is 0 Å². The molecule has 4 nitrogen and oxygen atoms in total. The van der Waals surface area contributed by atoms with Crippen molar-refractivity contribution in [1.82, 2.24) is 4.90 Å². The maximum absolute atomic E-state index is 13.0. The van der Waals surface area contributed by atoms with Crippen LogP contribution in [0.5, 0.6) is 5.75 Å². The third-order valence-electron chi connectivity index (χ3n) is 4.75. The average molecular weight is 549 g/mol. The molecule has 0 bridgehead atoms. The predicted molar refractivity (Wildman–Crippen MR) is 133 cm³/mol. The fourth-order valence-electron chi connectivity index (χ4n) is 3.12. The minimum atomic E-state index is -0.398. The number of halogens is 3. The van der Waals surface area contributed by atoms with E-state index in [1.54, 1.807) is 24.3 Å². The highest BCUT2D eigenvalue weighted by molar-refractivity contribution is 9.10. The summed E-state index contributed by atoms with van der Waals surface area (Å²) in [6.07, 6.45) is 1.67. The van der Waals surface area contributed by atoms with E-state index in [0.29, 0.717) is 38.4 Å². The number of carbonyl (C=O) groups excluding carboxylic acids is 2. The third-order valence-corrected chi connectivity index (χ3v) is 6.86. The van der Waals surface area contributed by atoms with E-state index in [1.165, 1.54) is 0 Å². The number of ether oxygens (including phenoxy) is 1. The first kappa shape index (κ1) is 22.9. The molecule has 3 aromatic carbocycles. The second-order valence-corrected chi connectivity index (χ2v) is 9.65. The van der Waals surface area contributed by atoms with Gasteiger partial charge in [0, 0.05) is 25.6 Å². The van der Waals surface area contributed by atoms with E-state index >= 15 is 0 Å². The highest BCUT2D eigenvalue weighted by Crippen LogP contribution is 2.37. The van der Waals surface area contributed by atoms with Gasteiger partial charge in [-0.05, 0) is 53.7 Å². The lowest BCUT2D eigenvalue weighted by atomic mass is 10.1. The summed E-state index contributed by atoms with van der Waals surface area (Å²) in [5, 5.41) is 0.437. The van der Waals surface area contributed by atoms with E-state index in [0.717, 1.165) is 26.7 Å². The molecule has 0 saturated carbocycles. The third kappa shape index (κ3) is 5.21. The van der Waals surface area contributed by atoms with Gasteiger partial charge < -0.3 is 4.74 Å². The van der Waals surface area contributed by atoms with Crippen LogP contribution in [0.1, 0.15) is 16.7 Å². The molecule has 1 fully saturated rings. The second-order valence-electron chi connectivity index (χ2n) is 6.92. The van der Waals surface area contributed by atoms with Crippen LogP contribution in [-0.2, 0) is 17.9 Å². The molecule has 1 heterocycles. The van der Waals surface area contributed by atoms with Crippen molar-refractivity contribution in [3.63, 3.8) is 0 Å². The van der Waals surface area contributed by atoms with Crippen molar-refractivity contribution < 1.29 is 14.3 Å². The molecule has 3 aromatic rings. The summed E-state index contributed by atoms with van der Waals surface area (Å²) in [5.41, 5.74) is 2.25. The Bertz CT molecular complexity index is 1200. The van der Waals surface area contributed by atoms with E-state index in [4.69, 9.17) is 27.9 Å². The molecule has 162 valence electrons. The van der Waals surface area contributed by atoms with Crippen LogP contribution in [0, 0.1) is 0 Å². The van der Waals surface area contributed by atoms with Crippen molar-refractivity contribution in [2.45, 2.75) is 13.2 Å². The van der Waals surface area contributed by atoms with Crippen LogP contribution in [0.2, 0.25) is 10.0 Å². The number of nitrogens with zero attached hydrogens (tertiary/aromatic N) is 1.